The molecule has 0 aromatic rings. The third-order valence-corrected chi connectivity index (χ3v) is 3.60. The molecule has 3 N–H and O–H groups in total. The highest BCUT2D eigenvalue weighted by atomic mass is 16.2. The molecular formula is C11H16N4O2. The summed E-state index contributed by atoms with van der Waals surface area (Å²) in [5.74, 6) is -0.885. The van der Waals surface area contributed by atoms with Crippen LogP contribution in [0.1, 0.15) is 25.7 Å². The maximum Gasteiger partial charge on any atom is 0.258 e. The van der Waals surface area contributed by atoms with Gasteiger partial charge in [-0.1, -0.05) is 0 Å². The van der Waals surface area contributed by atoms with Crippen molar-refractivity contribution in [2.24, 2.45) is 5.73 Å². The summed E-state index contributed by atoms with van der Waals surface area (Å²) in [6.45, 7) is 1.24. The zero-order valence-corrected chi connectivity index (χ0v) is 9.61. The minimum atomic E-state index is -1.43. The van der Waals surface area contributed by atoms with Crippen molar-refractivity contribution in [3.8, 4) is 6.07 Å². The molecule has 0 aromatic heterocycles. The molecule has 0 aromatic carbocycles. The van der Waals surface area contributed by atoms with E-state index in [1.807, 2.05) is 6.07 Å². The normalized spacial score (nSPS) is 32.4. The molecule has 2 saturated heterocycles. The first kappa shape index (κ1) is 11.9. The van der Waals surface area contributed by atoms with Crippen molar-refractivity contribution >= 4 is 11.8 Å². The van der Waals surface area contributed by atoms with Crippen molar-refractivity contribution in [1.82, 2.24) is 10.2 Å². The minimum Gasteiger partial charge on any atom is -0.367 e. The van der Waals surface area contributed by atoms with Crippen LogP contribution in [0, 0.1) is 11.3 Å². The Bertz CT molecular complexity index is 383. The minimum absolute atomic E-state index is 0.166. The molecule has 0 saturated carbocycles. The summed E-state index contributed by atoms with van der Waals surface area (Å²) in [5, 5.41) is 12.3. The largest absolute Gasteiger partial charge is 0.367 e. The van der Waals surface area contributed by atoms with Gasteiger partial charge >= 0.3 is 0 Å². The lowest BCUT2D eigenvalue weighted by atomic mass is 9.96. The van der Waals surface area contributed by atoms with E-state index in [1.54, 1.807) is 0 Å². The van der Waals surface area contributed by atoms with Gasteiger partial charge in [-0.05, 0) is 32.2 Å². The quantitative estimate of drug-likeness (QED) is 0.649. The molecule has 2 atom stereocenters. The van der Waals surface area contributed by atoms with Crippen LogP contribution in [0.2, 0.25) is 0 Å². The van der Waals surface area contributed by atoms with E-state index in [-0.39, 0.29) is 11.9 Å². The van der Waals surface area contributed by atoms with Crippen molar-refractivity contribution in [2.45, 2.75) is 37.3 Å². The molecule has 0 aliphatic carbocycles. The van der Waals surface area contributed by atoms with Gasteiger partial charge in [-0.25, -0.2) is 0 Å². The number of rotatable bonds is 2. The predicted octanol–water partition coefficient (Wildman–Crippen LogP) is -0.892. The maximum atomic E-state index is 12.2. The van der Waals surface area contributed by atoms with Crippen LogP contribution >= 0.6 is 0 Å². The summed E-state index contributed by atoms with van der Waals surface area (Å²) < 4.78 is 0. The van der Waals surface area contributed by atoms with Gasteiger partial charge in [0.2, 0.25) is 11.4 Å². The van der Waals surface area contributed by atoms with Crippen LogP contribution in [0.4, 0.5) is 0 Å². The molecule has 0 unspecified atom stereocenters. The molecule has 17 heavy (non-hydrogen) atoms. The number of nitrogens with two attached hydrogens (primary N) is 1. The fraction of sp³-hybridized carbons (Fsp3) is 0.727. The first-order chi connectivity index (χ1) is 8.12. The van der Waals surface area contributed by atoms with Gasteiger partial charge in [0.25, 0.3) is 5.91 Å². The standard InChI is InChI=1S/C11H16N4O2/c12-7-11(10(13)17)4-2-6-15(11)9(16)8-3-1-5-14-8/h8,14H,1-6H2,(H2,13,17)/t8-,11-/m0/s1. The molecule has 0 spiro atoms. The Morgan fingerprint density at radius 2 is 2.24 bits per heavy atom. The Morgan fingerprint density at radius 1 is 1.47 bits per heavy atom. The zero-order valence-electron chi connectivity index (χ0n) is 9.61. The van der Waals surface area contributed by atoms with Crippen molar-refractivity contribution in [3.63, 3.8) is 0 Å². The van der Waals surface area contributed by atoms with Crippen LogP contribution in [-0.4, -0.2) is 41.4 Å². The molecule has 2 rings (SSSR count). The van der Waals surface area contributed by atoms with E-state index in [9.17, 15) is 14.9 Å². The number of nitrogens with zero attached hydrogens (tertiary/aromatic N) is 2. The molecule has 6 heteroatoms. The molecule has 2 heterocycles. The third-order valence-electron chi connectivity index (χ3n) is 3.60. The van der Waals surface area contributed by atoms with Gasteiger partial charge in [-0.2, -0.15) is 5.26 Å². The average Bonchev–Trinajstić information content (AvgIpc) is 2.97. The number of amides is 2. The summed E-state index contributed by atoms with van der Waals surface area (Å²) in [6, 6.07) is 1.67. The van der Waals surface area contributed by atoms with Crippen LogP contribution in [0.25, 0.3) is 0 Å². The van der Waals surface area contributed by atoms with Crippen LogP contribution in [0.5, 0.6) is 0 Å². The summed E-state index contributed by atoms with van der Waals surface area (Å²) >= 11 is 0. The number of carbonyl (C=O) groups is 2. The number of primary amides is 1. The second-order valence-electron chi connectivity index (χ2n) is 4.58. The molecule has 2 aliphatic rings. The third kappa shape index (κ3) is 1.76. The molecular weight excluding hydrogens is 220 g/mol. The van der Waals surface area contributed by atoms with E-state index in [1.165, 1.54) is 4.90 Å². The van der Waals surface area contributed by atoms with Gasteiger partial charge in [0.1, 0.15) is 6.07 Å². The summed E-state index contributed by atoms with van der Waals surface area (Å²) in [5.41, 5.74) is 3.87. The van der Waals surface area contributed by atoms with E-state index in [0.717, 1.165) is 19.4 Å². The van der Waals surface area contributed by atoms with Gasteiger partial charge in [0, 0.05) is 6.54 Å². The van der Waals surface area contributed by atoms with E-state index in [4.69, 9.17) is 5.73 Å². The number of nitrogens with one attached hydrogen (secondary N) is 1. The van der Waals surface area contributed by atoms with Crippen LogP contribution in [0.15, 0.2) is 0 Å². The lowest BCUT2D eigenvalue weighted by Gasteiger charge is -2.31. The highest BCUT2D eigenvalue weighted by Gasteiger charge is 2.50. The van der Waals surface area contributed by atoms with Gasteiger partial charge in [0.15, 0.2) is 0 Å². The molecule has 2 amide bonds. The number of carbonyl (C=O) groups excluding carboxylic acids is 2. The Labute approximate surface area is 99.7 Å². The molecule has 6 nitrogen and oxygen atoms in total. The average molecular weight is 236 g/mol. The lowest BCUT2D eigenvalue weighted by Crippen LogP contribution is -2.58. The Morgan fingerprint density at radius 3 is 2.76 bits per heavy atom. The number of hydrogen-bond donors (Lipinski definition) is 2. The second-order valence-corrected chi connectivity index (χ2v) is 4.58. The predicted molar refractivity (Wildman–Crippen MR) is 59.5 cm³/mol. The van der Waals surface area contributed by atoms with Crippen LogP contribution < -0.4 is 11.1 Å². The lowest BCUT2D eigenvalue weighted by molar-refractivity contribution is -0.141. The smallest absolute Gasteiger partial charge is 0.258 e. The topological polar surface area (TPSA) is 99.2 Å². The van der Waals surface area contributed by atoms with E-state index in [2.05, 4.69) is 5.32 Å². The van der Waals surface area contributed by atoms with Gasteiger partial charge in [-0.3, -0.25) is 9.59 Å². The Kier molecular flexibility index (Phi) is 3.03. The number of hydrogen-bond acceptors (Lipinski definition) is 4. The fourth-order valence-electron chi connectivity index (χ4n) is 2.63. The van der Waals surface area contributed by atoms with Crippen molar-refractivity contribution in [1.29, 1.82) is 5.26 Å². The fourth-order valence-corrected chi connectivity index (χ4v) is 2.63. The maximum absolute atomic E-state index is 12.2. The highest BCUT2D eigenvalue weighted by molar-refractivity contribution is 5.95. The second kappa shape index (κ2) is 4.34. The van der Waals surface area contributed by atoms with Gasteiger partial charge < -0.3 is 16.0 Å². The number of likely N-dealkylation sites (tertiary alicyclic amines) is 1. The molecule has 92 valence electrons. The van der Waals surface area contributed by atoms with Crippen molar-refractivity contribution < 1.29 is 9.59 Å². The van der Waals surface area contributed by atoms with Crippen LogP contribution in [-0.2, 0) is 9.59 Å². The van der Waals surface area contributed by atoms with E-state index < -0.39 is 11.4 Å². The zero-order chi connectivity index (χ0) is 12.5. The Balaban J connectivity index is 2.22. The summed E-state index contributed by atoms with van der Waals surface area (Å²) in [6.07, 6.45) is 2.70. The summed E-state index contributed by atoms with van der Waals surface area (Å²) in [4.78, 5) is 25.1. The van der Waals surface area contributed by atoms with E-state index >= 15 is 0 Å². The van der Waals surface area contributed by atoms with Gasteiger partial charge in [0.05, 0.1) is 6.04 Å². The SMILES string of the molecule is N#C[C@]1(C(N)=O)CCCN1C(=O)[C@@H]1CCCN1. The number of nitriles is 1. The van der Waals surface area contributed by atoms with Crippen molar-refractivity contribution in [3.05, 3.63) is 0 Å². The molecule has 2 aliphatic heterocycles. The van der Waals surface area contributed by atoms with Gasteiger partial charge in [-0.15, -0.1) is 0 Å². The first-order valence-electron chi connectivity index (χ1n) is 5.88. The Hall–Kier alpha value is -1.61. The molecule has 0 radical (unpaired) electrons. The molecule has 2 fully saturated rings. The van der Waals surface area contributed by atoms with E-state index in [0.29, 0.717) is 19.4 Å². The monoisotopic (exact) mass is 236 g/mol. The highest BCUT2D eigenvalue weighted by Crippen LogP contribution is 2.30. The van der Waals surface area contributed by atoms with Crippen LogP contribution in [0.3, 0.4) is 0 Å². The summed E-state index contributed by atoms with van der Waals surface area (Å²) in [7, 11) is 0. The first-order valence-corrected chi connectivity index (χ1v) is 5.88. The van der Waals surface area contributed by atoms with Crippen molar-refractivity contribution in [2.75, 3.05) is 13.1 Å². The molecule has 0 bridgehead atoms.